The number of hydrogen-bond acceptors (Lipinski definition) is 4. The Balaban J connectivity index is 1.91. The van der Waals surface area contributed by atoms with Crippen LogP contribution in [0.4, 0.5) is 13.2 Å². The molecular weight excluding hydrogens is 579 g/mol. The van der Waals surface area contributed by atoms with Crippen molar-refractivity contribution in [1.82, 2.24) is 9.55 Å². The highest BCUT2D eigenvalue weighted by Gasteiger charge is 2.33. The number of nitrogens with zero attached hydrogens (tertiary/aromatic N) is 1. The molecule has 0 aliphatic heterocycles. The van der Waals surface area contributed by atoms with Gasteiger partial charge in [-0.15, -0.1) is 0 Å². The molecule has 4 aromatic rings. The molecule has 3 N–H and O–H groups in total. The third-order valence-corrected chi connectivity index (χ3v) is 6.93. The molecule has 0 radical (unpaired) electrons. The lowest BCUT2D eigenvalue weighted by Gasteiger charge is -2.13. The van der Waals surface area contributed by atoms with Gasteiger partial charge in [0, 0.05) is 0 Å². The Morgan fingerprint density at radius 1 is 0.892 bits per heavy atom. The van der Waals surface area contributed by atoms with Crippen LogP contribution in [-0.4, -0.2) is 31.3 Å². The van der Waals surface area contributed by atoms with Crippen molar-refractivity contribution in [2.75, 3.05) is 0 Å². The molecule has 13 heteroatoms. The van der Waals surface area contributed by atoms with E-state index in [0.29, 0.717) is 17.7 Å². The van der Waals surface area contributed by atoms with Crippen molar-refractivity contribution in [3.8, 4) is 17.2 Å². The van der Waals surface area contributed by atoms with Crippen molar-refractivity contribution in [2.24, 2.45) is 0 Å². The van der Waals surface area contributed by atoms with Crippen LogP contribution in [0.3, 0.4) is 0 Å². The number of benzene rings is 2. The minimum Gasteiger partial charge on any atom is -0.507 e. The zero-order valence-corrected chi connectivity index (χ0v) is 21.4. The minimum absolute atomic E-state index is 0.121. The van der Waals surface area contributed by atoms with Gasteiger partial charge >= 0.3 is 6.18 Å². The maximum Gasteiger partial charge on any atom is 0.416 e. The lowest BCUT2D eigenvalue weighted by atomic mass is 10.0. The molecule has 0 aliphatic carbocycles. The summed E-state index contributed by atoms with van der Waals surface area (Å²) in [5.41, 5.74) is -1.92. The second-order valence-electron chi connectivity index (χ2n) is 7.89. The summed E-state index contributed by atoms with van der Waals surface area (Å²) in [5.74, 6) is -3.03. The van der Waals surface area contributed by atoms with Crippen LogP contribution in [0.15, 0.2) is 42.5 Å². The molecule has 192 valence electrons. The molecule has 0 bridgehead atoms. The number of carbonyl (C=O) groups is 2. The summed E-state index contributed by atoms with van der Waals surface area (Å²) in [7, 11) is 0. The average Bonchev–Trinajstić information content (AvgIpc) is 3.27. The molecule has 2 aromatic carbocycles. The first-order valence-electron chi connectivity index (χ1n) is 10.2. The van der Waals surface area contributed by atoms with Crippen LogP contribution < -0.4 is 0 Å². The molecule has 0 amide bonds. The van der Waals surface area contributed by atoms with E-state index in [-0.39, 0.29) is 48.7 Å². The van der Waals surface area contributed by atoms with Crippen molar-refractivity contribution in [2.45, 2.75) is 13.1 Å². The van der Waals surface area contributed by atoms with Crippen molar-refractivity contribution in [3.63, 3.8) is 0 Å². The van der Waals surface area contributed by atoms with E-state index in [1.165, 1.54) is 12.1 Å². The molecule has 0 saturated heterocycles. The Morgan fingerprint density at radius 2 is 1.49 bits per heavy atom. The Morgan fingerprint density at radius 3 is 2.08 bits per heavy atom. The number of ketones is 2. The quantitative estimate of drug-likeness (QED) is 0.208. The number of aromatic hydroxyl groups is 2. The number of aromatic amines is 1. The molecule has 0 spiro atoms. The molecule has 4 rings (SSSR count). The topological polar surface area (TPSA) is 95.3 Å². The number of alkyl halides is 3. The summed E-state index contributed by atoms with van der Waals surface area (Å²) in [6.07, 6.45) is -4.75. The summed E-state index contributed by atoms with van der Waals surface area (Å²) < 4.78 is 40.0. The van der Waals surface area contributed by atoms with E-state index < -0.39 is 34.6 Å². The Bertz CT molecular complexity index is 1590. The maximum atomic E-state index is 13.4. The zero-order valence-electron chi connectivity index (χ0n) is 18.3. The predicted molar refractivity (Wildman–Crippen MR) is 133 cm³/mol. The first-order valence-corrected chi connectivity index (χ1v) is 11.7. The lowest BCUT2D eigenvalue weighted by Crippen LogP contribution is -2.13. The number of phenols is 2. The highest BCUT2D eigenvalue weighted by atomic mass is 35.5. The first kappa shape index (κ1) is 26.9. The molecule has 0 aliphatic rings. The fourth-order valence-electron chi connectivity index (χ4n) is 3.66. The number of carbonyl (C=O) groups excluding carboxylic acids is 2. The number of halogens is 7. The fourth-order valence-corrected chi connectivity index (χ4v) is 4.49. The summed E-state index contributed by atoms with van der Waals surface area (Å²) in [4.78, 5) is 29.3. The number of aryl methyl sites for hydroxylation is 1. The summed E-state index contributed by atoms with van der Waals surface area (Å²) in [6.45, 7) is 1.71. The largest absolute Gasteiger partial charge is 0.507 e. The standard InChI is InChI=1S/C24H13Cl4F3N2O4/c1-9-2-4-12(15(34)6-9)21(37)18-19(17(26)22(27)32-18)33-14(8-13(25)23(33)28)20(36)11-5-3-10(7-16(11)35)24(29,30)31/h2-8,32,34-35H,1H3. The van der Waals surface area contributed by atoms with Crippen molar-refractivity contribution in [3.05, 3.63) is 96.5 Å². The van der Waals surface area contributed by atoms with Crippen molar-refractivity contribution >= 4 is 58.0 Å². The van der Waals surface area contributed by atoms with Gasteiger partial charge in [-0.1, -0.05) is 52.5 Å². The highest BCUT2D eigenvalue weighted by Crippen LogP contribution is 2.41. The number of rotatable bonds is 5. The van der Waals surface area contributed by atoms with Gasteiger partial charge in [0.25, 0.3) is 0 Å². The predicted octanol–water partition coefficient (Wildman–Crippen LogP) is 7.62. The highest BCUT2D eigenvalue weighted by molar-refractivity contribution is 6.45. The fraction of sp³-hybridized carbons (Fsp3) is 0.0833. The van der Waals surface area contributed by atoms with Crippen LogP contribution in [0.25, 0.3) is 5.69 Å². The number of hydrogen-bond donors (Lipinski definition) is 3. The van der Waals surface area contributed by atoms with Gasteiger partial charge in [0.15, 0.2) is 0 Å². The van der Waals surface area contributed by atoms with Crippen LogP contribution in [-0.2, 0) is 6.18 Å². The number of phenolic OH excluding ortho intramolecular Hbond substituents is 2. The van der Waals surface area contributed by atoms with E-state index in [0.717, 1.165) is 16.7 Å². The molecular formula is C24H13Cl4F3N2O4. The van der Waals surface area contributed by atoms with Crippen LogP contribution >= 0.6 is 46.4 Å². The molecule has 0 atom stereocenters. The van der Waals surface area contributed by atoms with Crippen molar-refractivity contribution in [1.29, 1.82) is 0 Å². The smallest absolute Gasteiger partial charge is 0.416 e. The maximum absolute atomic E-state index is 13.4. The van der Waals surface area contributed by atoms with E-state index in [2.05, 4.69) is 4.98 Å². The van der Waals surface area contributed by atoms with Gasteiger partial charge in [0.1, 0.15) is 32.5 Å². The summed E-state index contributed by atoms with van der Waals surface area (Å²) in [6, 6.07) is 7.23. The molecule has 2 heterocycles. The second kappa shape index (κ2) is 9.64. The number of aromatic nitrogens is 2. The van der Waals surface area contributed by atoms with E-state index in [4.69, 9.17) is 46.4 Å². The van der Waals surface area contributed by atoms with Crippen LogP contribution in [0.2, 0.25) is 20.4 Å². The van der Waals surface area contributed by atoms with Gasteiger partial charge in [-0.05, 0) is 48.9 Å². The second-order valence-corrected chi connectivity index (χ2v) is 9.41. The van der Waals surface area contributed by atoms with Gasteiger partial charge in [0.05, 0.1) is 33.1 Å². The zero-order chi connectivity index (χ0) is 27.4. The Labute approximate surface area is 226 Å². The number of nitrogens with one attached hydrogen (secondary N) is 1. The molecule has 2 aromatic heterocycles. The van der Waals surface area contributed by atoms with Crippen molar-refractivity contribution < 1.29 is 33.0 Å². The molecule has 0 saturated carbocycles. The van der Waals surface area contributed by atoms with Gasteiger partial charge in [-0.2, -0.15) is 13.2 Å². The molecule has 6 nitrogen and oxygen atoms in total. The van der Waals surface area contributed by atoms with Gasteiger partial charge in [-0.25, -0.2) is 0 Å². The minimum atomic E-state index is -4.75. The first-order chi connectivity index (χ1) is 17.2. The van der Waals surface area contributed by atoms with Gasteiger partial charge < -0.3 is 15.2 Å². The lowest BCUT2D eigenvalue weighted by molar-refractivity contribution is -0.137. The van der Waals surface area contributed by atoms with E-state index in [1.54, 1.807) is 13.0 Å². The van der Waals surface area contributed by atoms with E-state index >= 15 is 0 Å². The molecule has 37 heavy (non-hydrogen) atoms. The average molecular weight is 592 g/mol. The Hall–Kier alpha value is -3.11. The van der Waals surface area contributed by atoms with Crippen LogP contribution in [0, 0.1) is 6.92 Å². The normalized spacial score (nSPS) is 11.7. The summed E-state index contributed by atoms with van der Waals surface area (Å²) in [5, 5.41) is 19.6. The van der Waals surface area contributed by atoms with Gasteiger partial charge in [0.2, 0.25) is 11.6 Å². The monoisotopic (exact) mass is 590 g/mol. The summed E-state index contributed by atoms with van der Waals surface area (Å²) >= 11 is 25.0. The Kier molecular flexibility index (Phi) is 7.02. The van der Waals surface area contributed by atoms with Crippen LogP contribution in [0.1, 0.15) is 43.2 Å². The SMILES string of the molecule is Cc1ccc(C(=O)c2[nH]c(Cl)c(Cl)c2-n2c(C(=O)c3ccc(C(F)(F)F)cc3O)cc(Cl)c2Cl)c(O)c1. The van der Waals surface area contributed by atoms with E-state index in [9.17, 15) is 33.0 Å². The third-order valence-electron chi connectivity index (χ3n) is 5.42. The van der Waals surface area contributed by atoms with Gasteiger partial charge in [-0.3, -0.25) is 14.2 Å². The van der Waals surface area contributed by atoms with Crippen LogP contribution in [0.5, 0.6) is 11.5 Å². The number of H-pyrrole nitrogens is 1. The molecule has 0 fully saturated rings. The molecule has 0 unspecified atom stereocenters. The van der Waals surface area contributed by atoms with E-state index in [1.807, 2.05) is 0 Å². The third kappa shape index (κ3) is 4.80.